The molecule has 3 heterocycles. The first-order valence-corrected chi connectivity index (χ1v) is 8.83. The van der Waals surface area contributed by atoms with E-state index in [1.54, 1.807) is 18.3 Å². The van der Waals surface area contributed by atoms with Gasteiger partial charge in [0.05, 0.1) is 17.3 Å². The number of hydrogen-bond donors (Lipinski definition) is 1. The van der Waals surface area contributed by atoms with Gasteiger partial charge in [-0.3, -0.25) is 15.1 Å². The maximum absolute atomic E-state index is 13.1. The molecule has 1 spiro atoms. The second-order valence-corrected chi connectivity index (χ2v) is 7.12. The van der Waals surface area contributed by atoms with Gasteiger partial charge in [0, 0.05) is 19.8 Å². The molecule has 130 valence electrons. The van der Waals surface area contributed by atoms with Crippen molar-refractivity contribution in [2.24, 2.45) is 0 Å². The van der Waals surface area contributed by atoms with Crippen LogP contribution in [0.25, 0.3) is 11.1 Å². The Morgan fingerprint density at radius 3 is 2.80 bits per heavy atom. The predicted molar refractivity (Wildman–Crippen MR) is 94.3 cm³/mol. The van der Waals surface area contributed by atoms with Crippen molar-refractivity contribution in [2.75, 3.05) is 13.6 Å². The summed E-state index contributed by atoms with van der Waals surface area (Å²) in [6.07, 6.45) is 5.47. The smallest absolute Gasteiger partial charge is 0.242 e. The van der Waals surface area contributed by atoms with Gasteiger partial charge in [-0.15, -0.1) is 0 Å². The Balaban J connectivity index is 1.58. The zero-order chi connectivity index (χ0) is 17.4. The molecule has 1 aromatic heterocycles. The monoisotopic (exact) mass is 339 g/mol. The first-order valence-electron chi connectivity index (χ1n) is 8.83. The summed E-state index contributed by atoms with van der Waals surface area (Å²) in [4.78, 5) is 19.0. The lowest BCUT2D eigenvalue weighted by molar-refractivity contribution is -0.139. The van der Waals surface area contributed by atoms with Gasteiger partial charge in [-0.25, -0.2) is 4.39 Å². The fourth-order valence-corrected chi connectivity index (χ4v) is 4.11. The molecule has 1 aromatic carbocycles. The average Bonchev–Trinajstić information content (AvgIpc) is 3.06. The quantitative estimate of drug-likeness (QED) is 0.913. The highest BCUT2D eigenvalue weighted by Gasteiger charge is 2.48. The molecule has 0 radical (unpaired) electrons. The van der Waals surface area contributed by atoms with Gasteiger partial charge < -0.3 is 4.90 Å². The minimum absolute atomic E-state index is 0.0795. The van der Waals surface area contributed by atoms with E-state index in [0.29, 0.717) is 0 Å². The third-order valence-electron chi connectivity index (χ3n) is 5.48. The van der Waals surface area contributed by atoms with Crippen LogP contribution >= 0.6 is 0 Å². The SMILES string of the molecule is CN1CCC[C@@]2(CC[C@H](c3cc(-c4ccc(F)cc4)ccn3)N2)C1=O. The van der Waals surface area contributed by atoms with E-state index in [4.69, 9.17) is 0 Å². The summed E-state index contributed by atoms with van der Waals surface area (Å²) in [5.41, 5.74) is 2.50. The third kappa shape index (κ3) is 2.93. The largest absolute Gasteiger partial charge is 0.344 e. The second-order valence-electron chi connectivity index (χ2n) is 7.12. The molecule has 0 aliphatic carbocycles. The molecule has 4 nitrogen and oxygen atoms in total. The van der Waals surface area contributed by atoms with E-state index in [2.05, 4.69) is 10.3 Å². The number of nitrogens with one attached hydrogen (secondary N) is 1. The number of aromatic nitrogens is 1. The molecule has 2 aromatic rings. The van der Waals surface area contributed by atoms with Crippen LogP contribution in [0.3, 0.4) is 0 Å². The highest BCUT2D eigenvalue weighted by molar-refractivity contribution is 5.87. The lowest BCUT2D eigenvalue weighted by Gasteiger charge is -2.38. The number of nitrogens with zero attached hydrogens (tertiary/aromatic N) is 2. The Morgan fingerprint density at radius 2 is 2.00 bits per heavy atom. The molecule has 2 atom stereocenters. The molecular formula is C20H22FN3O. The Hall–Kier alpha value is -2.27. The van der Waals surface area contributed by atoms with E-state index in [1.165, 1.54) is 12.1 Å². The van der Waals surface area contributed by atoms with Crippen LogP contribution in [-0.2, 0) is 4.79 Å². The van der Waals surface area contributed by atoms with Crippen LogP contribution in [0, 0.1) is 5.82 Å². The number of pyridine rings is 1. The summed E-state index contributed by atoms with van der Waals surface area (Å²) >= 11 is 0. The van der Waals surface area contributed by atoms with Crippen LogP contribution in [0.15, 0.2) is 42.6 Å². The van der Waals surface area contributed by atoms with E-state index >= 15 is 0 Å². The number of hydrogen-bond acceptors (Lipinski definition) is 3. The highest BCUT2D eigenvalue weighted by atomic mass is 19.1. The van der Waals surface area contributed by atoms with Gasteiger partial charge in [0.1, 0.15) is 5.82 Å². The van der Waals surface area contributed by atoms with Crippen molar-refractivity contribution in [3.63, 3.8) is 0 Å². The Labute approximate surface area is 147 Å². The van der Waals surface area contributed by atoms with Gasteiger partial charge in [0.25, 0.3) is 0 Å². The van der Waals surface area contributed by atoms with Crippen molar-refractivity contribution in [3.8, 4) is 11.1 Å². The molecule has 5 heteroatoms. The van der Waals surface area contributed by atoms with E-state index in [-0.39, 0.29) is 17.8 Å². The van der Waals surface area contributed by atoms with Gasteiger partial charge in [-0.05, 0) is 61.1 Å². The molecule has 2 aliphatic heterocycles. The van der Waals surface area contributed by atoms with Crippen LogP contribution in [0.5, 0.6) is 0 Å². The van der Waals surface area contributed by atoms with Crippen LogP contribution in [0.1, 0.15) is 37.4 Å². The number of likely N-dealkylation sites (tertiary alicyclic amines) is 1. The molecule has 2 aliphatic rings. The molecule has 4 rings (SSSR count). The predicted octanol–water partition coefficient (Wildman–Crippen LogP) is 3.30. The summed E-state index contributed by atoms with van der Waals surface area (Å²) in [6.45, 7) is 0.839. The lowest BCUT2D eigenvalue weighted by Crippen LogP contribution is -2.57. The standard InChI is InChI=1S/C20H22FN3O/c1-24-12-2-9-20(19(24)25)10-7-17(23-20)18-13-15(8-11-22-18)14-3-5-16(21)6-4-14/h3-6,8,11,13,17,23H,2,7,9-10,12H2,1H3/t17-,20-/m1/s1. The Morgan fingerprint density at radius 1 is 1.20 bits per heavy atom. The normalized spacial score (nSPS) is 26.4. The van der Waals surface area contributed by atoms with Crippen molar-refractivity contribution in [1.82, 2.24) is 15.2 Å². The van der Waals surface area contributed by atoms with Crippen LogP contribution in [0.4, 0.5) is 4.39 Å². The molecule has 0 bridgehead atoms. The molecule has 1 N–H and O–H groups in total. The minimum atomic E-state index is -0.425. The summed E-state index contributed by atoms with van der Waals surface area (Å²) in [5.74, 6) is -0.0340. The molecule has 0 unspecified atom stereocenters. The van der Waals surface area contributed by atoms with Crippen molar-refractivity contribution >= 4 is 5.91 Å². The maximum Gasteiger partial charge on any atom is 0.242 e. The van der Waals surface area contributed by atoms with Crippen molar-refractivity contribution in [3.05, 3.63) is 54.1 Å². The Kier molecular flexibility index (Phi) is 4.04. The van der Waals surface area contributed by atoms with Gasteiger partial charge in [0.15, 0.2) is 0 Å². The summed E-state index contributed by atoms with van der Waals surface area (Å²) < 4.78 is 13.1. The minimum Gasteiger partial charge on any atom is -0.344 e. The van der Waals surface area contributed by atoms with Crippen molar-refractivity contribution < 1.29 is 9.18 Å². The molecule has 2 fully saturated rings. The second kappa shape index (κ2) is 6.23. The van der Waals surface area contributed by atoms with Crippen LogP contribution in [0.2, 0.25) is 0 Å². The average molecular weight is 339 g/mol. The summed E-state index contributed by atoms with van der Waals surface area (Å²) in [7, 11) is 1.88. The third-order valence-corrected chi connectivity index (χ3v) is 5.48. The number of amides is 1. The molecule has 2 saturated heterocycles. The van der Waals surface area contributed by atoms with Gasteiger partial charge in [-0.2, -0.15) is 0 Å². The summed E-state index contributed by atoms with van der Waals surface area (Å²) in [6, 6.07) is 10.5. The maximum atomic E-state index is 13.1. The fourth-order valence-electron chi connectivity index (χ4n) is 4.11. The number of rotatable bonds is 2. The Bertz CT molecular complexity index is 792. The van der Waals surface area contributed by atoms with Crippen LogP contribution in [-0.4, -0.2) is 34.9 Å². The van der Waals surface area contributed by atoms with Gasteiger partial charge in [0.2, 0.25) is 5.91 Å². The van der Waals surface area contributed by atoms with E-state index in [9.17, 15) is 9.18 Å². The number of piperidine rings is 1. The van der Waals surface area contributed by atoms with Crippen LogP contribution < -0.4 is 5.32 Å². The molecular weight excluding hydrogens is 317 g/mol. The zero-order valence-electron chi connectivity index (χ0n) is 14.3. The fraction of sp³-hybridized carbons (Fsp3) is 0.400. The van der Waals surface area contributed by atoms with Crippen molar-refractivity contribution in [2.45, 2.75) is 37.3 Å². The zero-order valence-corrected chi connectivity index (χ0v) is 14.3. The summed E-state index contributed by atoms with van der Waals surface area (Å²) in [5, 5.41) is 3.58. The number of carbonyl (C=O) groups excluding carboxylic acids is 1. The first kappa shape index (κ1) is 16.2. The lowest BCUT2D eigenvalue weighted by atomic mass is 9.87. The van der Waals surface area contributed by atoms with Gasteiger partial charge in [-0.1, -0.05) is 12.1 Å². The molecule has 25 heavy (non-hydrogen) atoms. The van der Waals surface area contributed by atoms with E-state index < -0.39 is 5.54 Å². The highest BCUT2D eigenvalue weighted by Crippen LogP contribution is 2.38. The molecule has 0 saturated carbocycles. The topological polar surface area (TPSA) is 45.2 Å². The number of carbonyl (C=O) groups is 1. The number of likely N-dealkylation sites (N-methyl/N-ethyl adjacent to an activating group) is 1. The van der Waals surface area contributed by atoms with E-state index in [1.807, 2.05) is 24.1 Å². The number of benzene rings is 1. The molecule has 1 amide bonds. The van der Waals surface area contributed by atoms with E-state index in [0.717, 1.165) is 49.0 Å². The first-order chi connectivity index (χ1) is 12.1. The van der Waals surface area contributed by atoms with Crippen molar-refractivity contribution in [1.29, 1.82) is 0 Å². The van der Waals surface area contributed by atoms with Gasteiger partial charge >= 0.3 is 0 Å². The number of halogens is 1.